The van der Waals surface area contributed by atoms with Crippen molar-refractivity contribution in [2.75, 3.05) is 0 Å². The number of carbonyl (C=O) groups excluding carboxylic acids is 1. The van der Waals surface area contributed by atoms with Crippen molar-refractivity contribution in [3.8, 4) is 0 Å². The Labute approximate surface area is 93.3 Å². The number of amides is 1. The predicted molar refractivity (Wildman–Crippen MR) is 58.0 cm³/mol. The van der Waals surface area contributed by atoms with Crippen molar-refractivity contribution in [1.82, 2.24) is 0 Å². The van der Waals surface area contributed by atoms with E-state index in [2.05, 4.69) is 0 Å². The van der Waals surface area contributed by atoms with Crippen molar-refractivity contribution in [2.45, 2.75) is 26.9 Å². The molecule has 0 saturated carbocycles. The molecule has 0 spiro atoms. The van der Waals surface area contributed by atoms with Crippen LogP contribution in [0.4, 0.5) is 13.2 Å². The van der Waals surface area contributed by atoms with E-state index in [0.29, 0.717) is 5.56 Å². The topological polar surface area (TPSA) is 43.1 Å². The predicted octanol–water partition coefficient (Wildman–Crippen LogP) is 3.38. The number of alkyl halides is 3. The largest absolute Gasteiger partial charge is 0.386 e. The summed E-state index contributed by atoms with van der Waals surface area (Å²) in [6.07, 6.45) is -4.00. The van der Waals surface area contributed by atoms with E-state index in [4.69, 9.17) is 5.73 Å². The molecular weight excluding hydrogens is 219 g/mol. The van der Waals surface area contributed by atoms with E-state index in [1.165, 1.54) is 0 Å². The van der Waals surface area contributed by atoms with Crippen LogP contribution in [0.3, 0.4) is 0 Å². The van der Waals surface area contributed by atoms with Gasteiger partial charge in [-0.15, -0.1) is 0 Å². The van der Waals surface area contributed by atoms with E-state index in [9.17, 15) is 18.0 Å². The van der Waals surface area contributed by atoms with Gasteiger partial charge in [0.15, 0.2) is 0 Å². The third-order valence-electron chi connectivity index (χ3n) is 1.06. The minimum Gasteiger partial charge on any atom is -0.366 e. The molecule has 1 aromatic carbocycles. The summed E-state index contributed by atoms with van der Waals surface area (Å²) in [4.78, 5) is 10.4. The number of benzene rings is 1. The molecule has 0 unspecified atom stereocenters. The van der Waals surface area contributed by atoms with Crippen LogP contribution < -0.4 is 5.73 Å². The Morgan fingerprint density at radius 2 is 1.44 bits per heavy atom. The first-order valence-corrected chi connectivity index (χ1v) is 4.72. The summed E-state index contributed by atoms with van der Waals surface area (Å²) in [5, 5.41) is 0. The SMILES string of the molecule is CC.CC(F)(F)F.NC(=O)c1ccccc1. The summed E-state index contributed by atoms with van der Waals surface area (Å²) < 4.78 is 31.1. The lowest BCUT2D eigenvalue weighted by Gasteiger charge is -1.89. The fourth-order valence-electron chi connectivity index (χ4n) is 0.602. The number of halogens is 3. The summed E-state index contributed by atoms with van der Waals surface area (Å²) in [7, 11) is 0. The van der Waals surface area contributed by atoms with E-state index in [1.54, 1.807) is 24.3 Å². The van der Waals surface area contributed by atoms with E-state index in [-0.39, 0.29) is 12.8 Å². The lowest BCUT2D eigenvalue weighted by molar-refractivity contribution is -0.110. The first-order valence-electron chi connectivity index (χ1n) is 4.72. The van der Waals surface area contributed by atoms with Gasteiger partial charge < -0.3 is 5.73 Å². The normalized spacial score (nSPS) is 9.12. The third kappa shape index (κ3) is 15.0. The lowest BCUT2D eigenvalue weighted by atomic mass is 10.2. The van der Waals surface area contributed by atoms with Crippen molar-refractivity contribution < 1.29 is 18.0 Å². The first-order chi connectivity index (χ1) is 7.30. The Morgan fingerprint density at radius 1 is 1.12 bits per heavy atom. The van der Waals surface area contributed by atoms with Crippen molar-refractivity contribution in [1.29, 1.82) is 0 Å². The van der Waals surface area contributed by atoms with E-state index in [0.717, 1.165) is 0 Å². The van der Waals surface area contributed by atoms with Gasteiger partial charge in [-0.05, 0) is 12.1 Å². The molecule has 2 N–H and O–H groups in total. The summed E-state index contributed by atoms with van der Waals surface area (Å²) >= 11 is 0. The molecule has 0 fully saturated rings. The molecule has 0 aromatic heterocycles. The van der Waals surface area contributed by atoms with Gasteiger partial charge in [0.25, 0.3) is 0 Å². The van der Waals surface area contributed by atoms with Crippen molar-refractivity contribution in [3.05, 3.63) is 35.9 Å². The van der Waals surface area contributed by atoms with Crippen LogP contribution in [0.5, 0.6) is 0 Å². The second-order valence-corrected chi connectivity index (χ2v) is 2.51. The molecule has 0 aliphatic heterocycles. The fourth-order valence-corrected chi connectivity index (χ4v) is 0.602. The van der Waals surface area contributed by atoms with Crippen LogP contribution in [0.2, 0.25) is 0 Å². The molecule has 0 heterocycles. The minimum absolute atomic E-state index is 0.188. The number of primary amides is 1. The van der Waals surface area contributed by atoms with Gasteiger partial charge in [0, 0.05) is 12.5 Å². The van der Waals surface area contributed by atoms with E-state index in [1.807, 2.05) is 19.9 Å². The molecule has 1 amide bonds. The molecule has 0 atom stereocenters. The van der Waals surface area contributed by atoms with Gasteiger partial charge in [-0.2, -0.15) is 13.2 Å². The van der Waals surface area contributed by atoms with Crippen LogP contribution in [0.15, 0.2) is 30.3 Å². The quantitative estimate of drug-likeness (QED) is 0.796. The van der Waals surface area contributed by atoms with Gasteiger partial charge in [-0.3, -0.25) is 4.79 Å². The maximum Gasteiger partial charge on any atom is 0.386 e. The monoisotopic (exact) mass is 235 g/mol. The Morgan fingerprint density at radius 3 is 1.62 bits per heavy atom. The van der Waals surface area contributed by atoms with Crippen LogP contribution in [0.1, 0.15) is 31.1 Å². The number of hydrogen-bond donors (Lipinski definition) is 1. The molecule has 16 heavy (non-hydrogen) atoms. The van der Waals surface area contributed by atoms with Gasteiger partial charge in [-0.25, -0.2) is 0 Å². The standard InChI is InChI=1S/C7H7NO.C2H3F3.C2H6/c8-7(9)6-4-2-1-3-5-6;1-2(3,4)5;1-2/h1-5H,(H2,8,9);1H3;1-2H3. The molecule has 0 aliphatic carbocycles. The van der Waals surface area contributed by atoms with Gasteiger partial charge in [0.1, 0.15) is 0 Å². The van der Waals surface area contributed by atoms with Gasteiger partial charge in [0.2, 0.25) is 5.91 Å². The van der Waals surface area contributed by atoms with Crippen LogP contribution in [-0.4, -0.2) is 12.1 Å². The smallest absolute Gasteiger partial charge is 0.366 e. The highest BCUT2D eigenvalue weighted by Gasteiger charge is 2.15. The molecule has 1 aromatic rings. The summed E-state index contributed by atoms with van der Waals surface area (Å²) in [6, 6.07) is 8.76. The lowest BCUT2D eigenvalue weighted by Crippen LogP contribution is -2.09. The zero-order valence-corrected chi connectivity index (χ0v) is 9.51. The number of hydrogen-bond acceptors (Lipinski definition) is 1. The highest BCUT2D eigenvalue weighted by Crippen LogP contribution is 2.10. The number of nitrogens with two attached hydrogens (primary N) is 1. The van der Waals surface area contributed by atoms with E-state index < -0.39 is 6.18 Å². The van der Waals surface area contributed by atoms with Crippen LogP contribution >= 0.6 is 0 Å². The number of carbonyl (C=O) groups is 1. The second-order valence-electron chi connectivity index (χ2n) is 2.51. The van der Waals surface area contributed by atoms with E-state index >= 15 is 0 Å². The van der Waals surface area contributed by atoms with Crippen molar-refractivity contribution >= 4 is 5.91 Å². The highest BCUT2D eigenvalue weighted by atomic mass is 19.4. The Kier molecular flexibility index (Phi) is 9.25. The van der Waals surface area contributed by atoms with Crippen molar-refractivity contribution in [3.63, 3.8) is 0 Å². The highest BCUT2D eigenvalue weighted by molar-refractivity contribution is 5.92. The average molecular weight is 235 g/mol. The van der Waals surface area contributed by atoms with Crippen LogP contribution in [-0.2, 0) is 0 Å². The molecule has 92 valence electrons. The van der Waals surface area contributed by atoms with Gasteiger partial charge in [-0.1, -0.05) is 32.0 Å². The summed E-state index contributed by atoms with van der Waals surface area (Å²) in [6.45, 7) is 4.19. The summed E-state index contributed by atoms with van der Waals surface area (Å²) in [5.41, 5.74) is 5.53. The number of rotatable bonds is 1. The third-order valence-corrected chi connectivity index (χ3v) is 1.06. The fraction of sp³-hybridized carbons (Fsp3) is 0.364. The second kappa shape index (κ2) is 8.76. The van der Waals surface area contributed by atoms with Gasteiger partial charge >= 0.3 is 6.18 Å². The Balaban J connectivity index is 0. The molecule has 5 heteroatoms. The molecule has 0 bridgehead atoms. The maximum absolute atomic E-state index is 10.4. The molecule has 2 nitrogen and oxygen atoms in total. The van der Waals surface area contributed by atoms with Crippen LogP contribution in [0.25, 0.3) is 0 Å². The first kappa shape index (κ1) is 16.9. The molecule has 0 saturated heterocycles. The zero-order valence-electron chi connectivity index (χ0n) is 9.51. The average Bonchev–Trinajstić information content (AvgIpc) is 2.20. The van der Waals surface area contributed by atoms with Gasteiger partial charge in [0.05, 0.1) is 0 Å². The molecular formula is C11H16F3NO. The molecule has 1 rings (SSSR count). The van der Waals surface area contributed by atoms with Crippen LogP contribution in [0, 0.1) is 0 Å². The summed E-state index contributed by atoms with van der Waals surface area (Å²) in [5.74, 6) is -0.379. The molecule has 0 aliphatic rings. The van der Waals surface area contributed by atoms with Crippen molar-refractivity contribution in [2.24, 2.45) is 5.73 Å². The minimum atomic E-state index is -4.00. The Bertz CT molecular complexity index is 277. The molecule has 0 radical (unpaired) electrons. The Hall–Kier alpha value is -1.52. The maximum atomic E-state index is 10.4. The zero-order chi connectivity index (χ0) is 13.2.